The molecule has 0 aromatic heterocycles. The molecule has 2 fully saturated rings. The summed E-state index contributed by atoms with van der Waals surface area (Å²) in [6.45, 7) is 10.5. The maximum atomic E-state index is 12.7. The van der Waals surface area contributed by atoms with Crippen LogP contribution < -0.4 is 10.6 Å². The molecule has 3 N–H and O–H groups in total. The van der Waals surface area contributed by atoms with E-state index in [4.69, 9.17) is 4.74 Å². The Morgan fingerprint density at radius 1 is 1.21 bits per heavy atom. The number of ether oxygens (including phenoxy) is 1. The highest BCUT2D eigenvalue weighted by Crippen LogP contribution is 2.45. The SMILES string of the molecule is CC(C)CC(NC(=O)OCc1ccccc1)C1CC1CC(=O)NC1CC(C)N(O)C(C)(C)C1. The van der Waals surface area contributed by atoms with Crippen LogP contribution in [0.4, 0.5) is 4.79 Å². The first kappa shape index (κ1) is 25.5. The number of hydrogen-bond acceptors (Lipinski definition) is 5. The highest BCUT2D eigenvalue weighted by Gasteiger charge is 2.45. The minimum Gasteiger partial charge on any atom is -0.445 e. The van der Waals surface area contributed by atoms with Gasteiger partial charge in [-0.25, -0.2) is 4.79 Å². The number of hydroxylamine groups is 2. The summed E-state index contributed by atoms with van der Waals surface area (Å²) in [5.74, 6) is 1.09. The second-order valence-electron chi connectivity index (χ2n) is 11.0. The fourth-order valence-corrected chi connectivity index (χ4v) is 5.29. The third-order valence-corrected chi connectivity index (χ3v) is 6.96. The van der Waals surface area contributed by atoms with Gasteiger partial charge in [-0.2, -0.15) is 5.06 Å². The molecule has 0 spiro atoms. The average molecular weight is 460 g/mol. The molecule has 0 radical (unpaired) electrons. The average Bonchev–Trinajstić information content (AvgIpc) is 3.49. The topological polar surface area (TPSA) is 90.9 Å². The molecule has 1 aliphatic heterocycles. The van der Waals surface area contributed by atoms with E-state index in [0.29, 0.717) is 18.3 Å². The normalized spacial score (nSPS) is 27.6. The molecule has 7 heteroatoms. The van der Waals surface area contributed by atoms with Gasteiger partial charge in [-0.1, -0.05) is 44.2 Å². The first-order valence-corrected chi connectivity index (χ1v) is 12.3. The highest BCUT2D eigenvalue weighted by molar-refractivity contribution is 5.77. The molecule has 184 valence electrons. The number of alkyl carbamates (subject to hydrolysis) is 1. The Labute approximate surface area is 198 Å². The summed E-state index contributed by atoms with van der Waals surface area (Å²) in [5, 5.41) is 17.9. The van der Waals surface area contributed by atoms with Crippen LogP contribution in [0.5, 0.6) is 0 Å². The molecule has 2 amide bonds. The lowest BCUT2D eigenvalue weighted by Gasteiger charge is -2.45. The molecule has 1 aliphatic carbocycles. The number of carbonyl (C=O) groups is 2. The maximum absolute atomic E-state index is 12.7. The molecule has 1 heterocycles. The van der Waals surface area contributed by atoms with Gasteiger partial charge in [0.15, 0.2) is 0 Å². The molecule has 1 saturated carbocycles. The van der Waals surface area contributed by atoms with Crippen molar-refractivity contribution < 1.29 is 19.5 Å². The van der Waals surface area contributed by atoms with Gasteiger partial charge in [0.05, 0.1) is 0 Å². The van der Waals surface area contributed by atoms with E-state index < -0.39 is 6.09 Å². The van der Waals surface area contributed by atoms with Gasteiger partial charge in [0, 0.05) is 30.1 Å². The van der Waals surface area contributed by atoms with Crippen LogP contribution in [-0.2, 0) is 16.1 Å². The van der Waals surface area contributed by atoms with E-state index in [1.165, 1.54) is 5.06 Å². The van der Waals surface area contributed by atoms with Gasteiger partial charge in [-0.3, -0.25) is 4.79 Å². The lowest BCUT2D eigenvalue weighted by atomic mass is 9.85. The molecule has 1 aromatic carbocycles. The highest BCUT2D eigenvalue weighted by atomic mass is 16.5. The van der Waals surface area contributed by atoms with E-state index in [2.05, 4.69) is 24.5 Å². The summed E-state index contributed by atoms with van der Waals surface area (Å²) in [4.78, 5) is 25.1. The molecule has 33 heavy (non-hydrogen) atoms. The fraction of sp³-hybridized carbons (Fsp3) is 0.692. The number of nitrogens with one attached hydrogen (secondary N) is 2. The zero-order chi connectivity index (χ0) is 24.2. The van der Waals surface area contributed by atoms with Crippen LogP contribution in [0.3, 0.4) is 0 Å². The molecule has 3 rings (SSSR count). The van der Waals surface area contributed by atoms with E-state index >= 15 is 0 Å². The van der Waals surface area contributed by atoms with Crippen molar-refractivity contribution in [3.8, 4) is 0 Å². The van der Waals surface area contributed by atoms with Gasteiger partial charge >= 0.3 is 6.09 Å². The Bertz CT molecular complexity index is 798. The summed E-state index contributed by atoms with van der Waals surface area (Å²) in [7, 11) is 0. The summed E-state index contributed by atoms with van der Waals surface area (Å²) in [6.07, 6.45) is 3.36. The van der Waals surface area contributed by atoms with Crippen LogP contribution in [0, 0.1) is 17.8 Å². The zero-order valence-corrected chi connectivity index (χ0v) is 20.7. The van der Waals surface area contributed by atoms with Crippen molar-refractivity contribution in [2.24, 2.45) is 17.8 Å². The monoisotopic (exact) mass is 459 g/mol. The molecule has 0 bridgehead atoms. The third kappa shape index (κ3) is 7.44. The molecule has 5 unspecified atom stereocenters. The van der Waals surface area contributed by atoms with Gasteiger partial charge in [-0.05, 0) is 69.8 Å². The number of nitrogens with zero attached hydrogens (tertiary/aromatic N) is 1. The van der Waals surface area contributed by atoms with Crippen molar-refractivity contribution in [3.63, 3.8) is 0 Å². The Morgan fingerprint density at radius 2 is 1.91 bits per heavy atom. The van der Waals surface area contributed by atoms with Crippen molar-refractivity contribution in [3.05, 3.63) is 35.9 Å². The standard InChI is InChI=1S/C26H41N3O4/c1-17(2)11-23(28-25(31)33-16-19-9-7-6-8-10-19)22-13-20(22)14-24(30)27-21-12-18(3)29(32)26(4,5)15-21/h6-10,17-18,20-23,32H,11-16H2,1-5H3,(H,27,30)(H,28,31). The minimum absolute atomic E-state index is 0.00856. The van der Waals surface area contributed by atoms with Gasteiger partial charge in [-0.15, -0.1) is 0 Å². The van der Waals surface area contributed by atoms with E-state index in [9.17, 15) is 14.8 Å². The van der Waals surface area contributed by atoms with Gasteiger partial charge in [0.1, 0.15) is 6.61 Å². The molecular weight excluding hydrogens is 418 g/mol. The smallest absolute Gasteiger partial charge is 0.407 e. The largest absolute Gasteiger partial charge is 0.445 e. The van der Waals surface area contributed by atoms with Crippen LogP contribution in [0.25, 0.3) is 0 Å². The molecule has 2 aliphatic rings. The molecular formula is C26H41N3O4. The molecule has 5 atom stereocenters. The third-order valence-electron chi connectivity index (χ3n) is 6.96. The predicted molar refractivity (Wildman–Crippen MR) is 128 cm³/mol. The molecule has 1 saturated heterocycles. The first-order valence-electron chi connectivity index (χ1n) is 12.3. The van der Waals surface area contributed by atoms with Crippen molar-refractivity contribution in [2.45, 2.75) is 97.0 Å². The van der Waals surface area contributed by atoms with Crippen LogP contribution in [-0.4, -0.2) is 45.9 Å². The van der Waals surface area contributed by atoms with Gasteiger partial charge < -0.3 is 20.6 Å². The van der Waals surface area contributed by atoms with Gasteiger partial charge in [0.25, 0.3) is 0 Å². The quantitative estimate of drug-likeness (QED) is 0.506. The van der Waals surface area contributed by atoms with Crippen molar-refractivity contribution in [1.29, 1.82) is 0 Å². The fourth-order valence-electron chi connectivity index (χ4n) is 5.29. The van der Waals surface area contributed by atoms with E-state index in [-0.39, 0.29) is 42.1 Å². The summed E-state index contributed by atoms with van der Waals surface area (Å²) >= 11 is 0. The number of amides is 2. The second kappa shape index (κ2) is 10.9. The number of carbonyl (C=O) groups excluding carboxylic acids is 2. The number of hydrogen-bond donors (Lipinski definition) is 3. The Hall–Kier alpha value is -2.12. The Morgan fingerprint density at radius 3 is 2.55 bits per heavy atom. The number of piperidine rings is 1. The van der Waals surface area contributed by atoms with Crippen molar-refractivity contribution in [2.75, 3.05) is 0 Å². The van der Waals surface area contributed by atoms with Crippen LogP contribution in [0.2, 0.25) is 0 Å². The second-order valence-corrected chi connectivity index (χ2v) is 11.0. The molecule has 7 nitrogen and oxygen atoms in total. The molecule has 1 aromatic rings. The summed E-state index contributed by atoms with van der Waals surface area (Å²) < 4.78 is 5.42. The van der Waals surface area contributed by atoms with Gasteiger partial charge in [0.2, 0.25) is 5.91 Å². The van der Waals surface area contributed by atoms with E-state index in [0.717, 1.165) is 31.2 Å². The predicted octanol–water partition coefficient (Wildman–Crippen LogP) is 4.49. The first-order chi connectivity index (χ1) is 15.5. The zero-order valence-electron chi connectivity index (χ0n) is 20.7. The number of rotatable bonds is 9. The van der Waals surface area contributed by atoms with Crippen molar-refractivity contribution in [1.82, 2.24) is 15.7 Å². The maximum Gasteiger partial charge on any atom is 0.407 e. The summed E-state index contributed by atoms with van der Waals surface area (Å²) in [6, 6.07) is 9.74. The number of benzene rings is 1. The van der Waals surface area contributed by atoms with Crippen LogP contribution in [0.1, 0.15) is 72.3 Å². The van der Waals surface area contributed by atoms with E-state index in [1.54, 1.807) is 0 Å². The summed E-state index contributed by atoms with van der Waals surface area (Å²) in [5.41, 5.74) is 0.600. The van der Waals surface area contributed by atoms with Crippen LogP contribution in [0.15, 0.2) is 30.3 Å². The minimum atomic E-state index is -0.397. The van der Waals surface area contributed by atoms with E-state index in [1.807, 2.05) is 51.1 Å². The Balaban J connectivity index is 1.46. The van der Waals surface area contributed by atoms with Crippen LogP contribution >= 0.6 is 0 Å². The lowest BCUT2D eigenvalue weighted by molar-refractivity contribution is -0.210. The lowest BCUT2D eigenvalue weighted by Crippen LogP contribution is -2.57. The Kier molecular flexibility index (Phi) is 8.40. The van der Waals surface area contributed by atoms with Crippen molar-refractivity contribution >= 4 is 12.0 Å².